The number of fused-ring (bicyclic) bond motifs is 1. The molecule has 0 bridgehead atoms. The molecule has 4 heterocycles. The smallest absolute Gasteiger partial charge is 0.230 e. The first-order valence-electron chi connectivity index (χ1n) is 10.1. The highest BCUT2D eigenvalue weighted by molar-refractivity contribution is 7.17. The molecule has 0 spiro atoms. The molecule has 31 heavy (non-hydrogen) atoms. The fourth-order valence-corrected chi connectivity index (χ4v) is 5.62. The van der Waals surface area contributed by atoms with Gasteiger partial charge in [-0.2, -0.15) is 9.50 Å². The number of aromatic nitrogens is 3. The Kier molecular flexibility index (Phi) is 5.66. The third-order valence-corrected chi connectivity index (χ3v) is 7.30. The molecule has 162 valence electrons. The second-order valence-corrected chi connectivity index (χ2v) is 9.29. The van der Waals surface area contributed by atoms with Crippen LogP contribution in [0.5, 0.6) is 5.88 Å². The number of aromatic hydroxyl groups is 1. The van der Waals surface area contributed by atoms with Gasteiger partial charge in [0.15, 0.2) is 5.76 Å². The lowest BCUT2D eigenvalue weighted by atomic mass is 10.0. The van der Waals surface area contributed by atoms with Gasteiger partial charge in [-0.25, -0.2) is 0 Å². The molecule has 1 aliphatic heterocycles. The zero-order chi connectivity index (χ0) is 21.5. The van der Waals surface area contributed by atoms with Gasteiger partial charge in [-0.3, -0.25) is 4.90 Å². The van der Waals surface area contributed by atoms with Crippen molar-refractivity contribution in [3.63, 3.8) is 0 Å². The van der Waals surface area contributed by atoms with Gasteiger partial charge < -0.3 is 14.4 Å². The number of likely N-dealkylation sites (N-methyl/N-ethyl adjacent to an activating group) is 1. The predicted octanol–water partition coefficient (Wildman–Crippen LogP) is 4.79. The molecule has 5 rings (SSSR count). The van der Waals surface area contributed by atoms with E-state index in [9.17, 15) is 5.11 Å². The molecule has 1 N–H and O–H groups in total. The van der Waals surface area contributed by atoms with Gasteiger partial charge in [-0.05, 0) is 36.4 Å². The van der Waals surface area contributed by atoms with E-state index in [1.165, 1.54) is 15.9 Å². The Morgan fingerprint density at radius 2 is 2.00 bits per heavy atom. The maximum Gasteiger partial charge on any atom is 0.230 e. The highest BCUT2D eigenvalue weighted by atomic mass is 35.5. The van der Waals surface area contributed by atoms with Crippen molar-refractivity contribution in [1.29, 1.82) is 0 Å². The third kappa shape index (κ3) is 3.83. The molecule has 3 aromatic heterocycles. The van der Waals surface area contributed by atoms with Crippen LogP contribution in [0, 0.1) is 0 Å². The molecule has 0 aliphatic carbocycles. The van der Waals surface area contributed by atoms with Crippen LogP contribution in [0.1, 0.15) is 23.4 Å². The summed E-state index contributed by atoms with van der Waals surface area (Å²) in [5.41, 5.74) is 0.905. The summed E-state index contributed by atoms with van der Waals surface area (Å²) in [5, 5.41) is 16.7. The van der Waals surface area contributed by atoms with Gasteiger partial charge >= 0.3 is 0 Å². The number of benzene rings is 1. The van der Waals surface area contributed by atoms with Crippen LogP contribution >= 0.6 is 34.5 Å². The van der Waals surface area contributed by atoms with E-state index in [0.29, 0.717) is 26.6 Å². The van der Waals surface area contributed by atoms with Crippen molar-refractivity contribution in [2.45, 2.75) is 13.0 Å². The lowest BCUT2D eigenvalue weighted by molar-refractivity contribution is 0.113. The van der Waals surface area contributed by atoms with Crippen molar-refractivity contribution in [1.82, 2.24) is 24.4 Å². The van der Waals surface area contributed by atoms with Crippen molar-refractivity contribution >= 4 is 39.5 Å². The maximum absolute atomic E-state index is 11.1. The van der Waals surface area contributed by atoms with E-state index in [2.05, 4.69) is 26.8 Å². The van der Waals surface area contributed by atoms with E-state index in [-0.39, 0.29) is 11.9 Å². The molecule has 0 radical (unpaired) electrons. The van der Waals surface area contributed by atoms with Gasteiger partial charge in [-0.1, -0.05) is 47.5 Å². The first-order chi connectivity index (χ1) is 15.0. The van der Waals surface area contributed by atoms with Gasteiger partial charge in [-0.15, -0.1) is 5.10 Å². The number of nitrogens with zero attached hydrogens (tertiary/aromatic N) is 5. The minimum Gasteiger partial charge on any atom is -0.492 e. The van der Waals surface area contributed by atoms with Crippen molar-refractivity contribution in [2.24, 2.45) is 0 Å². The summed E-state index contributed by atoms with van der Waals surface area (Å²) < 4.78 is 6.86. The van der Waals surface area contributed by atoms with Gasteiger partial charge in [0.25, 0.3) is 0 Å². The summed E-state index contributed by atoms with van der Waals surface area (Å²) >= 11 is 14.2. The molecule has 1 saturated heterocycles. The number of piperazine rings is 1. The predicted molar refractivity (Wildman–Crippen MR) is 122 cm³/mol. The lowest BCUT2D eigenvalue weighted by Crippen LogP contribution is -2.47. The van der Waals surface area contributed by atoms with E-state index < -0.39 is 0 Å². The van der Waals surface area contributed by atoms with Crippen LogP contribution in [-0.2, 0) is 0 Å². The van der Waals surface area contributed by atoms with Crippen LogP contribution < -0.4 is 0 Å². The van der Waals surface area contributed by atoms with Crippen LogP contribution in [-0.4, -0.2) is 62.2 Å². The monoisotopic (exact) mass is 477 g/mol. The maximum atomic E-state index is 11.1. The van der Waals surface area contributed by atoms with Gasteiger partial charge in [0.2, 0.25) is 16.7 Å². The first-order valence-corrected chi connectivity index (χ1v) is 11.7. The van der Waals surface area contributed by atoms with E-state index in [4.69, 9.17) is 27.6 Å². The Labute approximate surface area is 193 Å². The van der Waals surface area contributed by atoms with Crippen molar-refractivity contribution in [3.05, 3.63) is 57.1 Å². The summed E-state index contributed by atoms with van der Waals surface area (Å²) in [7, 11) is 0. The van der Waals surface area contributed by atoms with Gasteiger partial charge in [0.05, 0.1) is 17.2 Å². The SMILES string of the molecule is CCN1CCN([C@@H](c2ccc(Cl)cc2Cl)c2sc3nc(-c4ccco4)nn3c2O)CC1. The Balaban J connectivity index is 1.58. The Morgan fingerprint density at radius 3 is 2.65 bits per heavy atom. The number of thiazole rings is 1. The Hall–Kier alpha value is -2.10. The molecule has 0 saturated carbocycles. The molecule has 1 fully saturated rings. The molecular formula is C21H21Cl2N5O2S. The van der Waals surface area contributed by atoms with Crippen LogP contribution in [0.2, 0.25) is 10.0 Å². The van der Waals surface area contributed by atoms with Crippen molar-refractivity contribution in [2.75, 3.05) is 32.7 Å². The first kappa shape index (κ1) is 20.8. The molecule has 1 aromatic carbocycles. The minimum atomic E-state index is -0.218. The van der Waals surface area contributed by atoms with Crippen LogP contribution in [0.15, 0.2) is 41.0 Å². The van der Waals surface area contributed by atoms with E-state index >= 15 is 0 Å². The summed E-state index contributed by atoms with van der Waals surface area (Å²) in [6.07, 6.45) is 1.57. The Morgan fingerprint density at radius 1 is 1.19 bits per heavy atom. The molecular weight excluding hydrogens is 457 g/mol. The summed E-state index contributed by atoms with van der Waals surface area (Å²) in [4.78, 5) is 10.7. The second-order valence-electron chi connectivity index (χ2n) is 7.44. The highest BCUT2D eigenvalue weighted by Gasteiger charge is 2.33. The average molecular weight is 478 g/mol. The fraction of sp³-hybridized carbons (Fsp3) is 0.333. The largest absolute Gasteiger partial charge is 0.492 e. The van der Waals surface area contributed by atoms with Crippen molar-refractivity contribution < 1.29 is 9.52 Å². The number of furan rings is 1. The molecule has 1 atom stereocenters. The normalized spacial score (nSPS) is 16.9. The lowest BCUT2D eigenvalue weighted by Gasteiger charge is -2.39. The molecule has 0 unspecified atom stereocenters. The number of hydrogen-bond donors (Lipinski definition) is 1. The number of halogens is 2. The molecule has 1 aliphatic rings. The van der Waals surface area contributed by atoms with Gasteiger partial charge in [0.1, 0.15) is 0 Å². The average Bonchev–Trinajstić information content (AvgIpc) is 3.49. The number of rotatable bonds is 5. The van der Waals surface area contributed by atoms with E-state index in [1.807, 2.05) is 12.1 Å². The second kappa shape index (κ2) is 8.44. The van der Waals surface area contributed by atoms with Gasteiger partial charge in [0, 0.05) is 36.2 Å². The molecule has 0 amide bonds. The summed E-state index contributed by atoms with van der Waals surface area (Å²) in [5.74, 6) is 1.07. The number of hydrogen-bond acceptors (Lipinski definition) is 7. The molecule has 7 nitrogen and oxygen atoms in total. The molecule has 10 heteroatoms. The van der Waals surface area contributed by atoms with Crippen LogP contribution in [0.4, 0.5) is 0 Å². The zero-order valence-corrected chi connectivity index (χ0v) is 19.2. The molecule has 4 aromatic rings. The van der Waals surface area contributed by atoms with E-state index in [1.54, 1.807) is 24.5 Å². The quantitative estimate of drug-likeness (QED) is 0.445. The minimum absolute atomic E-state index is 0.0687. The van der Waals surface area contributed by atoms with E-state index in [0.717, 1.165) is 43.2 Å². The van der Waals surface area contributed by atoms with Crippen LogP contribution in [0.25, 0.3) is 16.5 Å². The topological polar surface area (TPSA) is 70.0 Å². The summed E-state index contributed by atoms with van der Waals surface area (Å²) in [6.45, 7) is 6.85. The Bertz CT molecular complexity index is 1200. The third-order valence-electron chi connectivity index (χ3n) is 5.67. The van der Waals surface area contributed by atoms with Crippen LogP contribution in [0.3, 0.4) is 0 Å². The zero-order valence-electron chi connectivity index (χ0n) is 16.8. The standard InChI is InChI=1S/C21H21Cl2N5O2S/c1-2-26-7-9-27(10-8-26)17(14-6-5-13(22)12-15(14)23)18-20(29)28-21(31-18)24-19(25-28)16-4-3-11-30-16/h3-6,11-12,17,29H,2,7-10H2,1H3/t17-/m0/s1. The fourth-order valence-electron chi connectivity index (χ4n) is 4.00. The highest BCUT2D eigenvalue weighted by Crippen LogP contribution is 2.43. The summed E-state index contributed by atoms with van der Waals surface area (Å²) in [6, 6.07) is 8.87. The van der Waals surface area contributed by atoms with Crippen molar-refractivity contribution in [3.8, 4) is 17.5 Å².